The Morgan fingerprint density at radius 2 is 2.00 bits per heavy atom. The van der Waals surface area contributed by atoms with Crippen molar-refractivity contribution in [3.05, 3.63) is 35.6 Å². The van der Waals surface area contributed by atoms with E-state index in [0.717, 1.165) is 4.31 Å². The fourth-order valence-electron chi connectivity index (χ4n) is 1.34. The number of rotatable bonds is 5. The fourth-order valence-corrected chi connectivity index (χ4v) is 2.91. The Labute approximate surface area is 106 Å². The van der Waals surface area contributed by atoms with E-state index in [-0.39, 0.29) is 12.4 Å². The van der Waals surface area contributed by atoms with E-state index < -0.39 is 21.1 Å². The van der Waals surface area contributed by atoms with Gasteiger partial charge in [0.15, 0.2) is 0 Å². The van der Waals surface area contributed by atoms with Crippen LogP contribution in [0.5, 0.6) is 0 Å². The minimum Gasteiger partial charge on any atom is -0.212 e. The first kappa shape index (κ1) is 14.4. The van der Waals surface area contributed by atoms with Crippen molar-refractivity contribution in [1.82, 2.24) is 4.31 Å². The Hall–Kier alpha value is -0.650. The minimum atomic E-state index is -3.47. The molecule has 17 heavy (non-hydrogen) atoms. The van der Waals surface area contributed by atoms with Gasteiger partial charge in [0, 0.05) is 25.0 Å². The lowest BCUT2D eigenvalue weighted by Crippen LogP contribution is -2.35. The summed E-state index contributed by atoms with van der Waals surface area (Å²) in [6.45, 7) is 1.54. The summed E-state index contributed by atoms with van der Waals surface area (Å²) in [5.74, 6) is -0.391. The monoisotopic (exact) mass is 279 g/mol. The van der Waals surface area contributed by atoms with Crippen LogP contribution in [0.3, 0.4) is 0 Å². The molecule has 0 aliphatic rings. The van der Waals surface area contributed by atoms with Crippen molar-refractivity contribution >= 4 is 21.6 Å². The molecule has 0 aliphatic heterocycles. The Bertz CT molecular complexity index is 478. The standard InChI is InChI=1S/C11H15ClFNO2S/c1-9(7-12)17(15,16)14(2)8-10-5-3-4-6-11(10)13/h3-6,9H,7-8H2,1-2H3. The van der Waals surface area contributed by atoms with Gasteiger partial charge in [0.25, 0.3) is 0 Å². The van der Waals surface area contributed by atoms with Crippen molar-refractivity contribution in [2.24, 2.45) is 0 Å². The normalized spacial score (nSPS) is 13.9. The average molecular weight is 280 g/mol. The lowest BCUT2D eigenvalue weighted by atomic mass is 10.2. The third-order valence-corrected chi connectivity index (χ3v) is 5.34. The Morgan fingerprint density at radius 3 is 2.53 bits per heavy atom. The first-order chi connectivity index (χ1) is 7.89. The van der Waals surface area contributed by atoms with Crippen LogP contribution in [-0.2, 0) is 16.6 Å². The van der Waals surface area contributed by atoms with E-state index in [1.54, 1.807) is 18.2 Å². The molecule has 0 saturated heterocycles. The topological polar surface area (TPSA) is 37.4 Å². The number of hydrogen-bond acceptors (Lipinski definition) is 2. The van der Waals surface area contributed by atoms with E-state index in [2.05, 4.69) is 0 Å². The number of benzene rings is 1. The van der Waals surface area contributed by atoms with Gasteiger partial charge in [-0.2, -0.15) is 0 Å². The first-order valence-electron chi connectivity index (χ1n) is 5.14. The SMILES string of the molecule is CC(CCl)S(=O)(=O)N(C)Cc1ccccc1F. The van der Waals surface area contributed by atoms with E-state index in [9.17, 15) is 12.8 Å². The quantitative estimate of drug-likeness (QED) is 0.775. The van der Waals surface area contributed by atoms with Gasteiger partial charge in [0.05, 0.1) is 5.25 Å². The molecule has 0 saturated carbocycles. The van der Waals surface area contributed by atoms with E-state index in [4.69, 9.17) is 11.6 Å². The van der Waals surface area contributed by atoms with Crippen molar-refractivity contribution < 1.29 is 12.8 Å². The van der Waals surface area contributed by atoms with Crippen molar-refractivity contribution in [2.45, 2.75) is 18.7 Å². The smallest absolute Gasteiger partial charge is 0.212 e. The molecule has 0 amide bonds. The zero-order valence-corrected chi connectivity index (χ0v) is 11.3. The maximum Gasteiger partial charge on any atom is 0.217 e. The van der Waals surface area contributed by atoms with Gasteiger partial charge in [-0.25, -0.2) is 17.1 Å². The average Bonchev–Trinajstić information content (AvgIpc) is 2.30. The highest BCUT2D eigenvalue weighted by molar-refractivity contribution is 7.89. The molecule has 1 unspecified atom stereocenters. The maximum atomic E-state index is 13.4. The Kier molecular flexibility index (Phi) is 4.91. The van der Waals surface area contributed by atoms with Crippen LogP contribution in [-0.4, -0.2) is 30.9 Å². The van der Waals surface area contributed by atoms with Crippen LogP contribution in [0.2, 0.25) is 0 Å². The minimum absolute atomic E-state index is 0.0102. The maximum absolute atomic E-state index is 13.4. The molecule has 0 spiro atoms. The molecule has 1 aromatic carbocycles. The van der Waals surface area contributed by atoms with Crippen molar-refractivity contribution in [1.29, 1.82) is 0 Å². The molecule has 96 valence electrons. The van der Waals surface area contributed by atoms with Crippen LogP contribution in [0, 0.1) is 5.82 Å². The molecular weight excluding hydrogens is 265 g/mol. The molecule has 6 heteroatoms. The molecule has 0 fully saturated rings. The number of sulfonamides is 1. The molecule has 0 heterocycles. The second-order valence-electron chi connectivity index (χ2n) is 3.86. The summed E-state index contributed by atoms with van der Waals surface area (Å²) in [4.78, 5) is 0. The van der Waals surface area contributed by atoms with Gasteiger partial charge >= 0.3 is 0 Å². The van der Waals surface area contributed by atoms with Gasteiger partial charge in [0.1, 0.15) is 5.82 Å². The van der Waals surface area contributed by atoms with Crippen molar-refractivity contribution in [2.75, 3.05) is 12.9 Å². The molecule has 1 atom stereocenters. The van der Waals surface area contributed by atoms with Crippen molar-refractivity contribution in [3.8, 4) is 0 Å². The van der Waals surface area contributed by atoms with Crippen LogP contribution >= 0.6 is 11.6 Å². The zero-order valence-electron chi connectivity index (χ0n) is 9.73. The van der Waals surface area contributed by atoms with E-state index >= 15 is 0 Å². The third-order valence-electron chi connectivity index (χ3n) is 2.51. The summed E-state index contributed by atoms with van der Waals surface area (Å²) < 4.78 is 38.3. The molecule has 0 aromatic heterocycles. The predicted octanol–water partition coefficient (Wildman–Crippen LogP) is 2.21. The van der Waals surface area contributed by atoms with Gasteiger partial charge in [-0.05, 0) is 13.0 Å². The molecule has 0 bridgehead atoms. The molecule has 1 rings (SSSR count). The van der Waals surface area contributed by atoms with Crippen LogP contribution in [0.25, 0.3) is 0 Å². The number of nitrogens with zero attached hydrogens (tertiary/aromatic N) is 1. The van der Waals surface area contributed by atoms with E-state index in [1.807, 2.05) is 0 Å². The molecule has 0 radical (unpaired) electrons. The highest BCUT2D eigenvalue weighted by atomic mass is 35.5. The summed E-state index contributed by atoms with van der Waals surface area (Å²) in [6.07, 6.45) is 0. The zero-order chi connectivity index (χ0) is 13.1. The molecule has 0 N–H and O–H groups in total. The van der Waals surface area contributed by atoms with Gasteiger partial charge in [0.2, 0.25) is 10.0 Å². The highest BCUT2D eigenvalue weighted by Gasteiger charge is 2.25. The van der Waals surface area contributed by atoms with Gasteiger partial charge < -0.3 is 0 Å². The molecular formula is C11H15ClFNO2S. The number of hydrogen-bond donors (Lipinski definition) is 0. The van der Waals surface area contributed by atoms with Gasteiger partial charge in [-0.3, -0.25) is 0 Å². The highest BCUT2D eigenvalue weighted by Crippen LogP contribution is 2.14. The molecule has 3 nitrogen and oxygen atoms in total. The third kappa shape index (κ3) is 3.40. The number of halogens is 2. The van der Waals surface area contributed by atoms with Crippen molar-refractivity contribution in [3.63, 3.8) is 0 Å². The summed E-state index contributed by atoms with van der Waals surface area (Å²) in [7, 11) is -2.05. The molecule has 1 aromatic rings. The lowest BCUT2D eigenvalue weighted by molar-refractivity contribution is 0.450. The number of alkyl halides is 1. The summed E-state index contributed by atoms with van der Waals surface area (Å²) in [5.41, 5.74) is 0.348. The first-order valence-corrected chi connectivity index (χ1v) is 7.18. The Balaban J connectivity index is 2.87. The van der Waals surface area contributed by atoms with Crippen LogP contribution in [0.4, 0.5) is 4.39 Å². The van der Waals surface area contributed by atoms with E-state index in [0.29, 0.717) is 5.56 Å². The van der Waals surface area contributed by atoms with Gasteiger partial charge in [-0.1, -0.05) is 18.2 Å². The van der Waals surface area contributed by atoms with Crippen LogP contribution in [0.15, 0.2) is 24.3 Å². The summed E-state index contributed by atoms with van der Waals surface area (Å²) in [5, 5.41) is -0.680. The predicted molar refractivity (Wildman–Crippen MR) is 67.0 cm³/mol. The lowest BCUT2D eigenvalue weighted by Gasteiger charge is -2.20. The van der Waals surface area contributed by atoms with Crippen LogP contribution in [0.1, 0.15) is 12.5 Å². The van der Waals surface area contributed by atoms with Crippen LogP contribution < -0.4 is 0 Å². The largest absolute Gasteiger partial charge is 0.217 e. The Morgan fingerprint density at radius 1 is 1.41 bits per heavy atom. The van der Waals surface area contributed by atoms with Gasteiger partial charge in [-0.15, -0.1) is 11.6 Å². The fraction of sp³-hybridized carbons (Fsp3) is 0.455. The second-order valence-corrected chi connectivity index (χ2v) is 6.62. The van der Waals surface area contributed by atoms with E-state index in [1.165, 1.54) is 20.0 Å². The second kappa shape index (κ2) is 5.80. The summed E-state index contributed by atoms with van der Waals surface area (Å²) in [6, 6.07) is 6.10. The molecule has 0 aliphatic carbocycles. The summed E-state index contributed by atoms with van der Waals surface area (Å²) >= 11 is 5.53.